The SMILES string of the molecule is CC1=C(C)C(C)C(C2=CC3(CCC3)C([SiH3])=C2C)=C1C. The smallest absolute Gasteiger partial charge is 0.0348 e. The van der Waals surface area contributed by atoms with Crippen molar-refractivity contribution in [2.75, 3.05) is 0 Å². The molecule has 1 saturated carbocycles. The van der Waals surface area contributed by atoms with Crippen LogP contribution in [0.5, 0.6) is 0 Å². The van der Waals surface area contributed by atoms with Gasteiger partial charge in [-0.1, -0.05) is 30.2 Å². The highest BCUT2D eigenvalue weighted by Crippen LogP contribution is 2.56. The standard InChI is InChI=1S/C18H26Si/c1-10-11(2)13(4)16(12(10)3)15-9-18(7-6-8-18)17(19)14(15)5/h9,12H,6-8H2,1-5,19H3. The number of rotatable bonds is 1. The first-order chi connectivity index (χ1) is 8.89. The molecule has 1 spiro atoms. The summed E-state index contributed by atoms with van der Waals surface area (Å²) in [6.07, 6.45) is 6.87. The van der Waals surface area contributed by atoms with E-state index >= 15 is 0 Å². The van der Waals surface area contributed by atoms with Crippen molar-refractivity contribution >= 4 is 10.2 Å². The third-order valence-electron chi connectivity index (χ3n) is 6.31. The molecule has 0 aromatic rings. The van der Waals surface area contributed by atoms with E-state index in [1.165, 1.54) is 35.1 Å². The average molecular weight is 270 g/mol. The Hall–Kier alpha value is -0.823. The first-order valence-electron chi connectivity index (χ1n) is 7.69. The van der Waals surface area contributed by atoms with Crippen molar-refractivity contribution in [1.29, 1.82) is 0 Å². The van der Waals surface area contributed by atoms with Crippen molar-refractivity contribution in [1.82, 2.24) is 0 Å². The van der Waals surface area contributed by atoms with E-state index in [9.17, 15) is 0 Å². The summed E-state index contributed by atoms with van der Waals surface area (Å²) in [6.45, 7) is 11.7. The minimum Gasteiger partial charge on any atom is -0.0786 e. The van der Waals surface area contributed by atoms with Crippen LogP contribution in [-0.4, -0.2) is 10.2 Å². The summed E-state index contributed by atoms with van der Waals surface area (Å²) in [5.74, 6) is 0.617. The van der Waals surface area contributed by atoms with Crippen LogP contribution < -0.4 is 0 Å². The highest BCUT2D eigenvalue weighted by atomic mass is 28.1. The zero-order valence-electron chi connectivity index (χ0n) is 13.3. The van der Waals surface area contributed by atoms with Crippen LogP contribution in [0.15, 0.2) is 44.7 Å². The molecule has 19 heavy (non-hydrogen) atoms. The van der Waals surface area contributed by atoms with Crippen LogP contribution in [0.2, 0.25) is 0 Å². The summed E-state index contributed by atoms with van der Waals surface area (Å²) < 4.78 is 0. The fourth-order valence-electron chi connectivity index (χ4n) is 4.22. The quantitative estimate of drug-likeness (QED) is 0.631. The largest absolute Gasteiger partial charge is 0.0786 e. The molecule has 1 fully saturated rings. The van der Waals surface area contributed by atoms with Gasteiger partial charge in [-0.05, 0) is 68.4 Å². The van der Waals surface area contributed by atoms with Gasteiger partial charge in [0.2, 0.25) is 0 Å². The Morgan fingerprint density at radius 2 is 1.68 bits per heavy atom. The maximum absolute atomic E-state index is 2.65. The zero-order chi connectivity index (χ0) is 13.9. The second kappa shape index (κ2) is 4.08. The van der Waals surface area contributed by atoms with E-state index in [-0.39, 0.29) is 0 Å². The van der Waals surface area contributed by atoms with Crippen LogP contribution in [0.25, 0.3) is 0 Å². The summed E-state index contributed by atoms with van der Waals surface area (Å²) >= 11 is 0. The third-order valence-corrected chi connectivity index (χ3v) is 8.06. The second-order valence-electron chi connectivity index (χ2n) is 6.89. The first kappa shape index (κ1) is 13.2. The van der Waals surface area contributed by atoms with Crippen LogP contribution in [0, 0.1) is 11.3 Å². The summed E-state index contributed by atoms with van der Waals surface area (Å²) in [5.41, 5.74) is 10.0. The molecule has 0 aliphatic heterocycles. The molecule has 0 N–H and O–H groups in total. The molecule has 0 heterocycles. The monoisotopic (exact) mass is 270 g/mol. The molecule has 1 atom stereocenters. The fraction of sp³-hybridized carbons (Fsp3) is 0.556. The predicted molar refractivity (Wildman–Crippen MR) is 87.2 cm³/mol. The van der Waals surface area contributed by atoms with Gasteiger partial charge in [0.25, 0.3) is 0 Å². The molecule has 0 saturated heterocycles. The Bertz CT molecular complexity index is 577. The Kier molecular flexibility index (Phi) is 2.83. The van der Waals surface area contributed by atoms with E-state index in [2.05, 4.69) is 40.7 Å². The molecule has 0 nitrogen and oxygen atoms in total. The van der Waals surface area contributed by atoms with Crippen LogP contribution in [-0.2, 0) is 0 Å². The lowest BCUT2D eigenvalue weighted by Gasteiger charge is -2.39. The average Bonchev–Trinajstić information content (AvgIpc) is 2.70. The van der Waals surface area contributed by atoms with Gasteiger partial charge in [-0.25, -0.2) is 0 Å². The lowest BCUT2D eigenvalue weighted by atomic mass is 9.69. The molecule has 1 unspecified atom stereocenters. The molecule has 0 amide bonds. The fourth-order valence-corrected chi connectivity index (χ4v) is 5.14. The lowest BCUT2D eigenvalue weighted by molar-refractivity contribution is 0.273. The van der Waals surface area contributed by atoms with Crippen molar-refractivity contribution in [2.45, 2.75) is 53.9 Å². The molecule has 0 radical (unpaired) electrons. The van der Waals surface area contributed by atoms with Gasteiger partial charge in [-0.15, -0.1) is 0 Å². The molecule has 0 aromatic heterocycles. The van der Waals surface area contributed by atoms with Gasteiger partial charge in [0.15, 0.2) is 0 Å². The van der Waals surface area contributed by atoms with Gasteiger partial charge in [0.05, 0.1) is 0 Å². The van der Waals surface area contributed by atoms with Crippen molar-refractivity contribution in [3.63, 3.8) is 0 Å². The summed E-state index contributed by atoms with van der Waals surface area (Å²) in [6, 6.07) is 0. The normalized spacial score (nSPS) is 29.7. The highest BCUT2D eigenvalue weighted by Gasteiger charge is 2.43. The molecule has 0 bridgehead atoms. The van der Waals surface area contributed by atoms with Gasteiger partial charge in [0.1, 0.15) is 0 Å². The molecular weight excluding hydrogens is 244 g/mol. The van der Waals surface area contributed by atoms with E-state index in [0.717, 1.165) is 0 Å². The molecule has 3 rings (SSSR count). The minimum atomic E-state index is 0.503. The molecule has 1 heteroatoms. The Labute approximate surface area is 120 Å². The van der Waals surface area contributed by atoms with Gasteiger partial charge in [0, 0.05) is 21.6 Å². The van der Waals surface area contributed by atoms with Crippen molar-refractivity contribution in [3.05, 3.63) is 44.7 Å². The maximum Gasteiger partial charge on any atom is 0.0348 e. The van der Waals surface area contributed by atoms with E-state index in [4.69, 9.17) is 0 Å². The third kappa shape index (κ3) is 1.57. The van der Waals surface area contributed by atoms with Gasteiger partial charge in [-0.3, -0.25) is 0 Å². The number of hydrogen-bond acceptors (Lipinski definition) is 0. The van der Waals surface area contributed by atoms with E-state index in [1.54, 1.807) is 33.1 Å². The summed E-state index contributed by atoms with van der Waals surface area (Å²) in [5, 5.41) is 1.78. The summed E-state index contributed by atoms with van der Waals surface area (Å²) in [4.78, 5) is 0. The zero-order valence-corrected chi connectivity index (χ0v) is 15.3. The Morgan fingerprint density at radius 1 is 1.05 bits per heavy atom. The van der Waals surface area contributed by atoms with Gasteiger partial charge in [-0.2, -0.15) is 0 Å². The number of allylic oxidation sites excluding steroid dienone is 8. The molecule has 0 aromatic carbocycles. The van der Waals surface area contributed by atoms with Gasteiger partial charge >= 0.3 is 0 Å². The molecule has 102 valence electrons. The molecular formula is C18H26Si. The summed E-state index contributed by atoms with van der Waals surface area (Å²) in [7, 11) is 1.23. The topological polar surface area (TPSA) is 0 Å². The van der Waals surface area contributed by atoms with Crippen molar-refractivity contribution in [3.8, 4) is 0 Å². The van der Waals surface area contributed by atoms with E-state index < -0.39 is 0 Å². The number of hydrogen-bond donors (Lipinski definition) is 0. The molecule has 3 aliphatic rings. The Balaban J connectivity index is 2.09. The maximum atomic E-state index is 2.65. The lowest BCUT2D eigenvalue weighted by Crippen LogP contribution is -2.27. The van der Waals surface area contributed by atoms with Gasteiger partial charge < -0.3 is 0 Å². The Morgan fingerprint density at radius 3 is 2.05 bits per heavy atom. The molecule has 3 aliphatic carbocycles. The highest BCUT2D eigenvalue weighted by molar-refractivity contribution is 6.24. The van der Waals surface area contributed by atoms with E-state index in [1.807, 2.05) is 0 Å². The van der Waals surface area contributed by atoms with Crippen LogP contribution in [0.3, 0.4) is 0 Å². The van der Waals surface area contributed by atoms with Crippen LogP contribution in [0.4, 0.5) is 0 Å². The van der Waals surface area contributed by atoms with E-state index in [0.29, 0.717) is 11.3 Å². The van der Waals surface area contributed by atoms with Crippen LogP contribution in [0.1, 0.15) is 53.9 Å². The second-order valence-corrected chi connectivity index (χ2v) is 7.89. The minimum absolute atomic E-state index is 0.503. The van der Waals surface area contributed by atoms with Crippen LogP contribution >= 0.6 is 0 Å². The van der Waals surface area contributed by atoms with Crippen molar-refractivity contribution in [2.24, 2.45) is 11.3 Å². The van der Waals surface area contributed by atoms with Crippen molar-refractivity contribution < 1.29 is 0 Å². The first-order valence-corrected chi connectivity index (χ1v) is 8.69. The predicted octanol–water partition coefficient (Wildman–Crippen LogP) is 4.04.